The SMILES string of the molecule is Cc1nc(C)c(-c2csc(NC(=O)[C@@H]3C[C@H](c4ccccc4)CN3C(=O)CF)n2)s1. The van der Waals surface area contributed by atoms with Crippen molar-refractivity contribution in [3.8, 4) is 10.6 Å². The minimum Gasteiger partial charge on any atom is -0.328 e. The van der Waals surface area contributed by atoms with Crippen LogP contribution in [0.2, 0.25) is 0 Å². The molecule has 0 radical (unpaired) electrons. The molecule has 0 spiro atoms. The molecule has 3 aromatic rings. The molecule has 30 heavy (non-hydrogen) atoms. The van der Waals surface area contributed by atoms with Gasteiger partial charge in [-0.3, -0.25) is 9.59 Å². The second-order valence-electron chi connectivity index (χ2n) is 7.21. The summed E-state index contributed by atoms with van der Waals surface area (Å²) < 4.78 is 13.1. The zero-order chi connectivity index (χ0) is 21.3. The minimum atomic E-state index is -1.11. The maximum atomic E-state index is 13.1. The lowest BCUT2D eigenvalue weighted by Gasteiger charge is -2.22. The van der Waals surface area contributed by atoms with Crippen LogP contribution < -0.4 is 5.32 Å². The van der Waals surface area contributed by atoms with Crippen molar-refractivity contribution in [3.63, 3.8) is 0 Å². The number of halogens is 1. The van der Waals surface area contributed by atoms with Gasteiger partial charge >= 0.3 is 0 Å². The standard InChI is InChI=1S/C21H21FN4O2S2/c1-12-19(30-13(2)23-12)16-11-29-21(24-16)25-20(28)17-8-15(10-26(17)18(27)9-22)14-6-4-3-5-7-14/h3-7,11,15,17H,8-10H2,1-2H3,(H,24,25,28)/t15-,17-/m0/s1. The summed E-state index contributed by atoms with van der Waals surface area (Å²) in [5.41, 5.74) is 2.71. The highest BCUT2D eigenvalue weighted by Crippen LogP contribution is 2.34. The number of anilines is 1. The van der Waals surface area contributed by atoms with E-state index in [4.69, 9.17) is 0 Å². The molecule has 0 unspecified atom stereocenters. The number of amides is 2. The highest BCUT2D eigenvalue weighted by atomic mass is 32.1. The highest BCUT2D eigenvalue weighted by molar-refractivity contribution is 7.16. The summed E-state index contributed by atoms with van der Waals surface area (Å²) in [6, 6.07) is 8.97. The van der Waals surface area contributed by atoms with E-state index in [-0.39, 0.29) is 11.8 Å². The number of nitrogens with zero attached hydrogens (tertiary/aromatic N) is 3. The van der Waals surface area contributed by atoms with Gasteiger partial charge in [-0.25, -0.2) is 14.4 Å². The van der Waals surface area contributed by atoms with E-state index in [0.717, 1.165) is 26.8 Å². The Kier molecular flexibility index (Phi) is 5.92. The summed E-state index contributed by atoms with van der Waals surface area (Å²) in [5, 5.41) is 6.11. The van der Waals surface area contributed by atoms with Crippen molar-refractivity contribution in [2.45, 2.75) is 32.2 Å². The summed E-state index contributed by atoms with van der Waals surface area (Å²) in [6.07, 6.45) is 0.451. The predicted octanol–water partition coefficient (Wildman–Crippen LogP) is 4.18. The van der Waals surface area contributed by atoms with Gasteiger partial charge in [-0.05, 0) is 25.8 Å². The number of aromatic nitrogens is 2. The molecule has 2 amide bonds. The Morgan fingerprint density at radius 3 is 2.67 bits per heavy atom. The average Bonchev–Trinajstić information content (AvgIpc) is 3.46. The normalized spacial score (nSPS) is 18.6. The van der Waals surface area contributed by atoms with E-state index >= 15 is 0 Å². The number of benzene rings is 1. The van der Waals surface area contributed by atoms with Gasteiger partial charge < -0.3 is 10.2 Å². The molecule has 0 saturated carbocycles. The number of aryl methyl sites for hydroxylation is 2. The Labute approximate surface area is 181 Å². The van der Waals surface area contributed by atoms with Crippen molar-refractivity contribution < 1.29 is 14.0 Å². The summed E-state index contributed by atoms with van der Waals surface area (Å²) in [5.74, 6) is -1.01. The molecule has 0 bridgehead atoms. The fourth-order valence-corrected chi connectivity index (χ4v) is 5.46. The van der Waals surface area contributed by atoms with Crippen molar-refractivity contribution >= 4 is 39.6 Å². The van der Waals surface area contributed by atoms with Crippen LogP contribution in [0.25, 0.3) is 10.6 Å². The van der Waals surface area contributed by atoms with Gasteiger partial charge in [0.2, 0.25) is 5.91 Å². The van der Waals surface area contributed by atoms with Gasteiger partial charge in [0, 0.05) is 17.8 Å². The van der Waals surface area contributed by atoms with Crippen LogP contribution in [0.5, 0.6) is 0 Å². The minimum absolute atomic E-state index is 0.00729. The molecule has 1 aromatic carbocycles. The van der Waals surface area contributed by atoms with E-state index in [2.05, 4.69) is 15.3 Å². The molecule has 6 nitrogen and oxygen atoms in total. The molecule has 0 aliphatic carbocycles. The number of nitrogens with one attached hydrogen (secondary N) is 1. The van der Waals surface area contributed by atoms with Crippen LogP contribution >= 0.6 is 22.7 Å². The molecular weight excluding hydrogens is 423 g/mol. The van der Waals surface area contributed by atoms with Crippen molar-refractivity contribution in [1.82, 2.24) is 14.9 Å². The largest absolute Gasteiger partial charge is 0.328 e. The van der Waals surface area contributed by atoms with Gasteiger partial charge in [-0.1, -0.05) is 30.3 Å². The number of hydrogen-bond donors (Lipinski definition) is 1. The van der Waals surface area contributed by atoms with Crippen LogP contribution in [-0.2, 0) is 9.59 Å². The lowest BCUT2D eigenvalue weighted by Crippen LogP contribution is -2.43. The van der Waals surface area contributed by atoms with Crippen molar-refractivity contribution in [2.75, 3.05) is 18.5 Å². The molecule has 1 aliphatic rings. The van der Waals surface area contributed by atoms with Crippen LogP contribution in [0.15, 0.2) is 35.7 Å². The summed E-state index contributed by atoms with van der Waals surface area (Å²) in [4.78, 5) is 36.4. The Bertz CT molecular complexity index is 1070. The predicted molar refractivity (Wildman–Crippen MR) is 117 cm³/mol. The van der Waals surface area contributed by atoms with Crippen molar-refractivity contribution in [2.24, 2.45) is 0 Å². The summed E-state index contributed by atoms with van der Waals surface area (Å²) in [6.45, 7) is 3.08. The Balaban J connectivity index is 1.51. The van der Waals surface area contributed by atoms with Gasteiger partial charge in [0.15, 0.2) is 11.8 Å². The monoisotopic (exact) mass is 444 g/mol. The molecule has 9 heteroatoms. The lowest BCUT2D eigenvalue weighted by molar-refractivity contribution is -0.137. The molecule has 1 N–H and O–H groups in total. The second kappa shape index (κ2) is 8.61. The van der Waals surface area contributed by atoms with Crippen LogP contribution in [-0.4, -0.2) is 45.9 Å². The third kappa shape index (κ3) is 4.13. The molecule has 2 aromatic heterocycles. The molecule has 2 atom stereocenters. The maximum Gasteiger partial charge on any atom is 0.254 e. The first-order valence-electron chi connectivity index (χ1n) is 9.57. The van der Waals surface area contributed by atoms with Crippen molar-refractivity contribution in [3.05, 3.63) is 52.0 Å². The molecule has 1 fully saturated rings. The quantitative estimate of drug-likeness (QED) is 0.641. The van der Waals surface area contributed by atoms with E-state index in [9.17, 15) is 14.0 Å². The zero-order valence-corrected chi connectivity index (χ0v) is 18.2. The highest BCUT2D eigenvalue weighted by Gasteiger charge is 2.40. The molecule has 1 aliphatic heterocycles. The van der Waals surface area contributed by atoms with Gasteiger partial charge in [-0.2, -0.15) is 0 Å². The molecule has 1 saturated heterocycles. The van der Waals surface area contributed by atoms with E-state index in [1.807, 2.05) is 49.6 Å². The average molecular weight is 445 g/mol. The number of rotatable bonds is 5. The van der Waals surface area contributed by atoms with E-state index in [1.165, 1.54) is 16.2 Å². The molecule has 3 heterocycles. The summed E-state index contributed by atoms with van der Waals surface area (Å²) >= 11 is 2.88. The van der Waals surface area contributed by atoms with Crippen LogP contribution in [0, 0.1) is 13.8 Å². The van der Waals surface area contributed by atoms with Gasteiger partial charge in [0.05, 0.1) is 21.3 Å². The first kappa shape index (κ1) is 20.6. The summed E-state index contributed by atoms with van der Waals surface area (Å²) in [7, 11) is 0. The van der Waals surface area contributed by atoms with Crippen LogP contribution in [0.3, 0.4) is 0 Å². The van der Waals surface area contributed by atoms with E-state index < -0.39 is 18.6 Å². The number of alkyl halides is 1. The maximum absolute atomic E-state index is 13.1. The number of likely N-dealkylation sites (tertiary alicyclic amines) is 1. The first-order chi connectivity index (χ1) is 14.5. The van der Waals surface area contributed by atoms with Crippen LogP contribution in [0.4, 0.5) is 9.52 Å². The number of hydrogen-bond acceptors (Lipinski definition) is 6. The smallest absolute Gasteiger partial charge is 0.254 e. The Morgan fingerprint density at radius 1 is 1.23 bits per heavy atom. The number of carbonyl (C=O) groups is 2. The molecule has 4 rings (SSSR count). The lowest BCUT2D eigenvalue weighted by atomic mass is 9.96. The Morgan fingerprint density at radius 2 is 2.00 bits per heavy atom. The third-order valence-corrected chi connectivity index (χ3v) is 7.03. The van der Waals surface area contributed by atoms with Crippen LogP contribution in [0.1, 0.15) is 28.6 Å². The number of carbonyl (C=O) groups excluding carboxylic acids is 2. The van der Waals surface area contributed by atoms with Gasteiger partial charge in [0.1, 0.15) is 6.04 Å². The zero-order valence-electron chi connectivity index (χ0n) is 16.6. The van der Waals surface area contributed by atoms with Crippen molar-refractivity contribution in [1.29, 1.82) is 0 Å². The van der Waals surface area contributed by atoms with E-state index in [0.29, 0.717) is 18.1 Å². The number of thiazole rings is 2. The topological polar surface area (TPSA) is 75.2 Å². The third-order valence-electron chi connectivity index (χ3n) is 5.18. The van der Waals surface area contributed by atoms with Gasteiger partial charge in [-0.15, -0.1) is 22.7 Å². The second-order valence-corrected chi connectivity index (χ2v) is 9.27. The van der Waals surface area contributed by atoms with Gasteiger partial charge in [0.25, 0.3) is 5.91 Å². The first-order valence-corrected chi connectivity index (χ1v) is 11.3. The molecule has 156 valence electrons. The van der Waals surface area contributed by atoms with E-state index in [1.54, 1.807) is 11.3 Å². The fourth-order valence-electron chi connectivity index (χ4n) is 3.80. The fraction of sp³-hybridized carbons (Fsp3) is 0.333. The molecular formula is C21H21FN4O2S2. The Hall–Kier alpha value is -2.65.